The molecule has 2 aromatic rings. The second-order valence-electron chi connectivity index (χ2n) is 8.12. The monoisotopic (exact) mass is 419 g/mol. The zero-order valence-electron chi connectivity index (χ0n) is 16.2. The molecular weight excluding hydrogens is 390 g/mol. The Morgan fingerprint density at radius 3 is 2.43 bits per heavy atom. The Balaban J connectivity index is 1.28. The van der Waals surface area contributed by atoms with Gasteiger partial charge in [0.2, 0.25) is 10.0 Å². The lowest BCUT2D eigenvalue weighted by atomic mass is 9.90. The largest absolute Gasteiger partial charge is 0.372 e. The number of anilines is 1. The molecule has 1 atom stereocenters. The maximum Gasteiger partial charge on any atom is 0.238 e. The highest BCUT2D eigenvalue weighted by Gasteiger charge is 2.26. The van der Waals surface area contributed by atoms with Gasteiger partial charge in [0.15, 0.2) is 0 Å². The Labute approximate surface area is 172 Å². The van der Waals surface area contributed by atoms with E-state index in [0.29, 0.717) is 5.92 Å². The molecule has 2 aliphatic heterocycles. The van der Waals surface area contributed by atoms with Gasteiger partial charge in [-0.2, -0.15) is 11.3 Å². The molecule has 2 saturated heterocycles. The third-order valence-corrected chi connectivity index (χ3v) is 7.81. The smallest absolute Gasteiger partial charge is 0.238 e. The van der Waals surface area contributed by atoms with E-state index in [2.05, 4.69) is 26.6 Å². The molecule has 1 aromatic carbocycles. The highest BCUT2D eigenvalue weighted by Crippen LogP contribution is 2.30. The van der Waals surface area contributed by atoms with Gasteiger partial charge in [0.1, 0.15) is 0 Å². The van der Waals surface area contributed by atoms with Crippen LogP contribution in [0.25, 0.3) is 0 Å². The van der Waals surface area contributed by atoms with E-state index in [4.69, 9.17) is 5.14 Å². The molecular formula is C21H29N3O2S2. The topological polar surface area (TPSA) is 66.6 Å². The normalized spacial score (nSPS) is 22.5. The molecule has 0 amide bonds. The number of piperidine rings is 2. The van der Waals surface area contributed by atoms with Gasteiger partial charge in [0.25, 0.3) is 0 Å². The minimum Gasteiger partial charge on any atom is -0.372 e. The summed E-state index contributed by atoms with van der Waals surface area (Å²) in [6, 6.07) is 9.24. The maximum atomic E-state index is 11.4. The van der Waals surface area contributed by atoms with Crippen molar-refractivity contribution in [3.8, 4) is 0 Å². The number of nitrogens with two attached hydrogens (primary N) is 1. The van der Waals surface area contributed by atoms with Crippen LogP contribution in [-0.4, -0.2) is 46.0 Å². The average molecular weight is 420 g/mol. The predicted molar refractivity (Wildman–Crippen MR) is 115 cm³/mol. The lowest BCUT2D eigenvalue weighted by Crippen LogP contribution is -2.42. The number of primary sulfonamides is 1. The first-order chi connectivity index (χ1) is 13.5. The molecule has 3 heterocycles. The summed E-state index contributed by atoms with van der Waals surface area (Å²) in [4.78, 5) is 5.21. The van der Waals surface area contributed by atoms with Crippen molar-refractivity contribution in [2.45, 2.75) is 36.5 Å². The summed E-state index contributed by atoms with van der Waals surface area (Å²) in [6.45, 7) is 5.70. The molecule has 5 nitrogen and oxygen atoms in total. The fourth-order valence-electron chi connectivity index (χ4n) is 4.59. The van der Waals surface area contributed by atoms with Crippen molar-refractivity contribution in [3.05, 3.63) is 46.7 Å². The van der Waals surface area contributed by atoms with Crippen molar-refractivity contribution in [1.29, 1.82) is 0 Å². The Hall–Kier alpha value is -1.41. The Bertz CT molecular complexity index is 858. The first kappa shape index (κ1) is 19.9. The van der Waals surface area contributed by atoms with E-state index in [0.717, 1.165) is 24.7 Å². The molecule has 1 aromatic heterocycles. The van der Waals surface area contributed by atoms with Gasteiger partial charge < -0.3 is 9.80 Å². The molecule has 0 radical (unpaired) electrons. The first-order valence-corrected chi connectivity index (χ1v) is 12.6. The fourth-order valence-corrected chi connectivity index (χ4v) is 5.84. The molecule has 7 heteroatoms. The molecule has 0 aliphatic carbocycles. The van der Waals surface area contributed by atoms with Crippen LogP contribution in [0.3, 0.4) is 0 Å². The highest BCUT2D eigenvalue weighted by molar-refractivity contribution is 7.89. The minimum absolute atomic E-state index is 0.177. The van der Waals surface area contributed by atoms with Gasteiger partial charge >= 0.3 is 0 Å². The molecule has 2 N–H and O–H groups in total. The number of nitrogens with zero attached hydrogens (tertiary/aromatic N) is 2. The van der Waals surface area contributed by atoms with Gasteiger partial charge in [-0.05, 0) is 90.7 Å². The molecule has 2 aliphatic rings. The number of thiophene rings is 1. The molecule has 4 rings (SSSR count). The Kier molecular flexibility index (Phi) is 6.06. The standard InChI is InChI=1S/C21H29N3O2S2/c22-28(25,26)21-5-3-20(4-6-21)24-11-7-17(8-12-24)14-23-10-1-2-18(15-23)19-9-13-27-16-19/h3-6,9,13,16-18H,1-2,7-8,10-12,14-15H2,(H2,22,25,26). The summed E-state index contributed by atoms with van der Waals surface area (Å²) in [5.41, 5.74) is 2.61. The minimum atomic E-state index is -3.62. The van der Waals surface area contributed by atoms with E-state index < -0.39 is 10.0 Å². The van der Waals surface area contributed by atoms with Crippen LogP contribution in [0, 0.1) is 5.92 Å². The van der Waals surface area contributed by atoms with Crippen molar-refractivity contribution in [2.24, 2.45) is 11.1 Å². The zero-order valence-corrected chi connectivity index (χ0v) is 17.8. The summed E-state index contributed by atoms with van der Waals surface area (Å²) in [5, 5.41) is 9.69. The second kappa shape index (κ2) is 8.53. The third kappa shape index (κ3) is 4.76. The molecule has 0 spiro atoms. The van der Waals surface area contributed by atoms with E-state index >= 15 is 0 Å². The SMILES string of the molecule is NS(=O)(=O)c1ccc(N2CCC(CN3CCCC(c4ccsc4)C3)CC2)cc1. The predicted octanol–water partition coefficient (Wildman–Crippen LogP) is 3.49. The van der Waals surface area contributed by atoms with Crippen LogP contribution >= 0.6 is 11.3 Å². The van der Waals surface area contributed by atoms with E-state index in [1.807, 2.05) is 12.1 Å². The van der Waals surface area contributed by atoms with Gasteiger partial charge in [0, 0.05) is 31.9 Å². The highest BCUT2D eigenvalue weighted by atomic mass is 32.2. The maximum absolute atomic E-state index is 11.4. The number of rotatable bonds is 5. The fraction of sp³-hybridized carbons (Fsp3) is 0.524. The lowest BCUT2D eigenvalue weighted by molar-refractivity contribution is 0.167. The van der Waals surface area contributed by atoms with E-state index in [-0.39, 0.29) is 4.90 Å². The molecule has 0 saturated carbocycles. The van der Waals surface area contributed by atoms with Gasteiger partial charge in [-0.25, -0.2) is 13.6 Å². The molecule has 152 valence electrons. The molecule has 28 heavy (non-hydrogen) atoms. The number of hydrogen-bond donors (Lipinski definition) is 1. The van der Waals surface area contributed by atoms with E-state index in [9.17, 15) is 8.42 Å². The van der Waals surface area contributed by atoms with Gasteiger partial charge in [0.05, 0.1) is 4.90 Å². The van der Waals surface area contributed by atoms with Crippen LogP contribution in [0.4, 0.5) is 5.69 Å². The lowest BCUT2D eigenvalue weighted by Gasteiger charge is -2.38. The van der Waals surface area contributed by atoms with Crippen LogP contribution < -0.4 is 10.0 Å². The quantitative estimate of drug-likeness (QED) is 0.806. The van der Waals surface area contributed by atoms with Gasteiger partial charge in [-0.15, -0.1) is 0 Å². The third-order valence-electron chi connectivity index (χ3n) is 6.18. The van der Waals surface area contributed by atoms with E-state index in [1.165, 1.54) is 50.9 Å². The van der Waals surface area contributed by atoms with Crippen LogP contribution in [0.15, 0.2) is 46.0 Å². The van der Waals surface area contributed by atoms with Crippen molar-refractivity contribution in [2.75, 3.05) is 37.6 Å². The summed E-state index contributed by atoms with van der Waals surface area (Å²) < 4.78 is 22.8. The van der Waals surface area contributed by atoms with Crippen molar-refractivity contribution < 1.29 is 8.42 Å². The van der Waals surface area contributed by atoms with Gasteiger partial charge in [-0.3, -0.25) is 0 Å². The zero-order chi connectivity index (χ0) is 19.6. The summed E-state index contributed by atoms with van der Waals surface area (Å²) in [5.74, 6) is 1.46. The Morgan fingerprint density at radius 1 is 1.04 bits per heavy atom. The van der Waals surface area contributed by atoms with Gasteiger partial charge in [-0.1, -0.05) is 0 Å². The average Bonchev–Trinajstić information content (AvgIpc) is 3.23. The summed E-state index contributed by atoms with van der Waals surface area (Å²) >= 11 is 1.81. The van der Waals surface area contributed by atoms with E-state index in [1.54, 1.807) is 23.5 Å². The van der Waals surface area contributed by atoms with Crippen LogP contribution in [-0.2, 0) is 10.0 Å². The number of sulfonamides is 1. The van der Waals surface area contributed by atoms with Crippen molar-refractivity contribution >= 4 is 27.0 Å². The molecule has 0 bridgehead atoms. The van der Waals surface area contributed by atoms with Crippen molar-refractivity contribution in [3.63, 3.8) is 0 Å². The molecule has 2 fully saturated rings. The number of hydrogen-bond acceptors (Lipinski definition) is 5. The summed E-state index contributed by atoms with van der Waals surface area (Å²) in [7, 11) is -3.62. The number of benzene rings is 1. The van der Waals surface area contributed by atoms with Crippen LogP contribution in [0.5, 0.6) is 0 Å². The van der Waals surface area contributed by atoms with Crippen LogP contribution in [0.2, 0.25) is 0 Å². The van der Waals surface area contributed by atoms with Crippen LogP contribution in [0.1, 0.15) is 37.2 Å². The first-order valence-electron chi connectivity index (χ1n) is 10.1. The number of likely N-dealkylation sites (tertiary alicyclic amines) is 1. The molecule has 1 unspecified atom stereocenters. The summed E-state index contributed by atoms with van der Waals surface area (Å²) in [6.07, 6.45) is 5.00. The van der Waals surface area contributed by atoms with Crippen molar-refractivity contribution in [1.82, 2.24) is 4.90 Å². The second-order valence-corrected chi connectivity index (χ2v) is 10.5. The Morgan fingerprint density at radius 2 is 1.79 bits per heavy atom.